The minimum absolute atomic E-state index is 0.203. The first-order valence-electron chi connectivity index (χ1n) is 6.55. The number of nitrogens with zero attached hydrogens (tertiary/aromatic N) is 3. The van der Waals surface area contributed by atoms with Crippen molar-refractivity contribution in [2.75, 3.05) is 0 Å². The molecule has 2 N–H and O–H groups in total. The Kier molecular flexibility index (Phi) is 2.67. The van der Waals surface area contributed by atoms with E-state index in [2.05, 4.69) is 9.98 Å². The Bertz CT molecular complexity index is 713. The molecule has 1 aliphatic rings. The van der Waals surface area contributed by atoms with Crippen LogP contribution in [0.4, 0.5) is 4.39 Å². The van der Waals surface area contributed by atoms with Crippen molar-refractivity contribution < 1.29 is 4.39 Å². The molecule has 0 aliphatic carbocycles. The molecule has 0 unspecified atom stereocenters. The molecule has 0 spiro atoms. The van der Waals surface area contributed by atoms with E-state index in [1.165, 1.54) is 6.07 Å². The van der Waals surface area contributed by atoms with E-state index >= 15 is 0 Å². The fourth-order valence-corrected chi connectivity index (χ4v) is 2.59. The van der Waals surface area contributed by atoms with Crippen molar-refractivity contribution in [1.82, 2.24) is 9.55 Å². The van der Waals surface area contributed by atoms with Crippen LogP contribution in [0.2, 0.25) is 0 Å². The lowest BCUT2D eigenvalue weighted by Crippen LogP contribution is -2.34. The van der Waals surface area contributed by atoms with Gasteiger partial charge in [0.1, 0.15) is 23.0 Å². The molecule has 2 aromatic rings. The van der Waals surface area contributed by atoms with Gasteiger partial charge in [0, 0.05) is 11.8 Å². The molecule has 1 aromatic carbocycles. The van der Waals surface area contributed by atoms with E-state index < -0.39 is 5.54 Å². The largest absolute Gasteiger partial charge is 0.386 e. The molecule has 0 radical (unpaired) electrons. The minimum atomic E-state index is -0.435. The zero-order valence-electron chi connectivity index (χ0n) is 11.8. The summed E-state index contributed by atoms with van der Waals surface area (Å²) in [5.41, 5.74) is 7.77. The van der Waals surface area contributed by atoms with Crippen molar-refractivity contribution >= 4 is 5.84 Å². The number of aromatic nitrogens is 2. The summed E-state index contributed by atoms with van der Waals surface area (Å²) in [4.78, 5) is 9.10. The fourth-order valence-electron chi connectivity index (χ4n) is 2.59. The number of imidazole rings is 1. The second-order valence-corrected chi connectivity index (χ2v) is 5.70. The SMILES string of the molecule is Cc1cc(-c2cn3c(n2)C(C)(C)N=C(N)C3)ccc1F. The van der Waals surface area contributed by atoms with Gasteiger partial charge in [-0.05, 0) is 44.5 Å². The molecule has 5 heteroatoms. The maximum atomic E-state index is 13.4. The average molecular weight is 272 g/mol. The van der Waals surface area contributed by atoms with Crippen LogP contribution < -0.4 is 5.73 Å². The number of fused-ring (bicyclic) bond motifs is 1. The molecule has 4 nitrogen and oxygen atoms in total. The highest BCUT2D eigenvalue weighted by atomic mass is 19.1. The van der Waals surface area contributed by atoms with Crippen LogP contribution in [0.25, 0.3) is 11.3 Å². The number of hydrogen-bond acceptors (Lipinski definition) is 3. The third-order valence-electron chi connectivity index (χ3n) is 3.53. The van der Waals surface area contributed by atoms with E-state index in [1.54, 1.807) is 19.1 Å². The van der Waals surface area contributed by atoms with E-state index in [0.717, 1.165) is 17.1 Å². The predicted octanol–water partition coefficient (Wildman–Crippen LogP) is 2.60. The van der Waals surface area contributed by atoms with Gasteiger partial charge in [-0.3, -0.25) is 4.99 Å². The number of nitrogens with two attached hydrogens (primary N) is 1. The molecule has 0 saturated heterocycles. The lowest BCUT2D eigenvalue weighted by molar-refractivity contribution is 0.470. The third-order valence-corrected chi connectivity index (χ3v) is 3.53. The van der Waals surface area contributed by atoms with Crippen LogP contribution in [0.5, 0.6) is 0 Å². The Morgan fingerprint density at radius 2 is 2.10 bits per heavy atom. The monoisotopic (exact) mass is 272 g/mol. The Morgan fingerprint density at radius 3 is 2.80 bits per heavy atom. The number of aryl methyl sites for hydroxylation is 1. The average Bonchev–Trinajstić information content (AvgIpc) is 2.76. The van der Waals surface area contributed by atoms with Gasteiger partial charge in [-0.1, -0.05) is 0 Å². The highest BCUT2D eigenvalue weighted by molar-refractivity contribution is 5.81. The second-order valence-electron chi connectivity index (χ2n) is 5.70. The maximum Gasteiger partial charge on any atom is 0.137 e. The van der Waals surface area contributed by atoms with Crippen LogP contribution in [0, 0.1) is 12.7 Å². The van der Waals surface area contributed by atoms with Crippen molar-refractivity contribution in [1.29, 1.82) is 0 Å². The number of amidine groups is 1. The number of aliphatic imine (C=N–C) groups is 1. The molecule has 3 rings (SSSR count). The highest BCUT2D eigenvalue weighted by Crippen LogP contribution is 2.30. The molecule has 0 amide bonds. The summed E-state index contributed by atoms with van der Waals surface area (Å²) in [6.45, 7) is 6.26. The number of hydrogen-bond donors (Lipinski definition) is 1. The molecule has 1 aliphatic heterocycles. The summed E-state index contributed by atoms with van der Waals surface area (Å²) in [7, 11) is 0. The lowest BCUT2D eigenvalue weighted by atomic mass is 10.0. The molecule has 0 bridgehead atoms. The molecule has 0 atom stereocenters. The summed E-state index contributed by atoms with van der Waals surface area (Å²) >= 11 is 0. The Hall–Kier alpha value is -2.17. The first-order chi connectivity index (χ1) is 9.37. The standard InChI is InChI=1S/C15H17FN4/c1-9-6-10(4-5-11(9)16)12-7-20-8-13(17)19-15(2,3)14(20)18-12/h4-7H,8H2,1-3H3,(H2,17,19). The molecule has 20 heavy (non-hydrogen) atoms. The van der Waals surface area contributed by atoms with Gasteiger partial charge >= 0.3 is 0 Å². The van der Waals surface area contributed by atoms with Gasteiger partial charge in [0.25, 0.3) is 0 Å². The van der Waals surface area contributed by atoms with Gasteiger partial charge in [0.05, 0.1) is 12.2 Å². The van der Waals surface area contributed by atoms with Crippen LogP contribution in [-0.2, 0) is 12.1 Å². The summed E-state index contributed by atoms with van der Waals surface area (Å²) in [6.07, 6.45) is 1.95. The van der Waals surface area contributed by atoms with E-state index in [9.17, 15) is 4.39 Å². The van der Waals surface area contributed by atoms with E-state index in [-0.39, 0.29) is 5.82 Å². The number of halogens is 1. The van der Waals surface area contributed by atoms with Crippen LogP contribution in [0.15, 0.2) is 29.4 Å². The van der Waals surface area contributed by atoms with Crippen molar-refractivity contribution in [3.05, 3.63) is 41.6 Å². The quantitative estimate of drug-likeness (QED) is 0.867. The van der Waals surface area contributed by atoms with Crippen molar-refractivity contribution in [3.63, 3.8) is 0 Å². The summed E-state index contributed by atoms with van der Waals surface area (Å²) in [6, 6.07) is 5.02. The van der Waals surface area contributed by atoms with Crippen molar-refractivity contribution in [3.8, 4) is 11.3 Å². The Balaban J connectivity index is 2.09. The molecule has 1 aromatic heterocycles. The van der Waals surface area contributed by atoms with Gasteiger partial charge in [-0.25, -0.2) is 9.37 Å². The van der Waals surface area contributed by atoms with Gasteiger partial charge < -0.3 is 10.3 Å². The van der Waals surface area contributed by atoms with Crippen LogP contribution in [-0.4, -0.2) is 15.4 Å². The smallest absolute Gasteiger partial charge is 0.137 e. The zero-order valence-corrected chi connectivity index (χ0v) is 11.8. The highest BCUT2D eigenvalue weighted by Gasteiger charge is 2.30. The summed E-state index contributed by atoms with van der Waals surface area (Å²) in [5, 5.41) is 0. The number of rotatable bonds is 1. The third kappa shape index (κ3) is 1.99. The van der Waals surface area contributed by atoms with Crippen LogP contribution >= 0.6 is 0 Å². The minimum Gasteiger partial charge on any atom is -0.386 e. The van der Waals surface area contributed by atoms with Gasteiger partial charge in [-0.2, -0.15) is 0 Å². The molecule has 0 fully saturated rings. The summed E-state index contributed by atoms with van der Waals surface area (Å²) < 4.78 is 15.4. The van der Waals surface area contributed by atoms with Crippen LogP contribution in [0.1, 0.15) is 25.2 Å². The Morgan fingerprint density at radius 1 is 1.35 bits per heavy atom. The molecular weight excluding hydrogens is 255 g/mol. The van der Waals surface area contributed by atoms with Crippen molar-refractivity contribution in [2.45, 2.75) is 32.9 Å². The predicted molar refractivity (Wildman–Crippen MR) is 77.0 cm³/mol. The molecule has 2 heterocycles. The first-order valence-corrected chi connectivity index (χ1v) is 6.55. The maximum absolute atomic E-state index is 13.4. The molecule has 0 saturated carbocycles. The lowest BCUT2D eigenvalue weighted by Gasteiger charge is -2.26. The molecule has 104 valence electrons. The van der Waals surface area contributed by atoms with Gasteiger partial charge in [0.15, 0.2) is 0 Å². The Labute approximate surface area is 117 Å². The van der Waals surface area contributed by atoms with Crippen LogP contribution in [0.3, 0.4) is 0 Å². The molecular formula is C15H17FN4. The number of benzene rings is 1. The normalized spacial score (nSPS) is 16.7. The zero-order chi connectivity index (χ0) is 14.5. The fraction of sp³-hybridized carbons (Fsp3) is 0.333. The topological polar surface area (TPSA) is 56.2 Å². The van der Waals surface area contributed by atoms with E-state index in [0.29, 0.717) is 17.9 Å². The van der Waals surface area contributed by atoms with Gasteiger partial charge in [-0.15, -0.1) is 0 Å². The van der Waals surface area contributed by atoms with Gasteiger partial charge in [0.2, 0.25) is 0 Å². The first kappa shape index (κ1) is 12.8. The second kappa shape index (κ2) is 4.16. The van der Waals surface area contributed by atoms with E-state index in [1.807, 2.05) is 24.6 Å². The van der Waals surface area contributed by atoms with Crippen molar-refractivity contribution in [2.24, 2.45) is 10.7 Å². The van der Waals surface area contributed by atoms with E-state index in [4.69, 9.17) is 5.73 Å². The summed E-state index contributed by atoms with van der Waals surface area (Å²) in [5.74, 6) is 1.27.